The molecule has 36 heavy (non-hydrogen) atoms. The first-order valence-corrected chi connectivity index (χ1v) is 12.6. The average molecular weight is 482 g/mol. The first-order valence-electron chi connectivity index (χ1n) is 12.6. The normalized spacial score (nSPS) is 10.4. The zero-order chi connectivity index (χ0) is 26.6. The van der Waals surface area contributed by atoms with Gasteiger partial charge in [-0.2, -0.15) is 0 Å². The zero-order valence-electron chi connectivity index (χ0n) is 22.5. The molecule has 0 atom stereocenters. The summed E-state index contributed by atoms with van der Waals surface area (Å²) in [7, 11) is 0. The number of rotatable bonds is 2. The highest BCUT2D eigenvalue weighted by atomic mass is 16.2. The lowest BCUT2D eigenvalue weighted by atomic mass is 10.1. The van der Waals surface area contributed by atoms with E-state index in [1.807, 2.05) is 97.9 Å². The lowest BCUT2D eigenvalue weighted by molar-refractivity contribution is 0.0959. The van der Waals surface area contributed by atoms with Gasteiger partial charge >= 0.3 is 0 Å². The third-order valence-corrected chi connectivity index (χ3v) is 6.10. The van der Waals surface area contributed by atoms with Crippen LogP contribution in [0.5, 0.6) is 0 Å². The topological polar surface area (TPSA) is 56.9 Å². The Labute approximate surface area is 212 Å². The van der Waals surface area contributed by atoms with E-state index in [-0.39, 0.29) is 11.5 Å². The molecule has 0 amide bonds. The molecule has 0 spiro atoms. The molecule has 0 aliphatic rings. The Balaban J connectivity index is 0.000000861. The van der Waals surface area contributed by atoms with Crippen molar-refractivity contribution in [3.8, 4) is 5.69 Å². The van der Waals surface area contributed by atoms with E-state index in [2.05, 4.69) is 11.1 Å². The van der Waals surface area contributed by atoms with Crippen LogP contribution in [0.1, 0.15) is 58.8 Å². The number of benzene rings is 2. The van der Waals surface area contributed by atoms with Gasteiger partial charge < -0.3 is 0 Å². The Morgan fingerprint density at radius 1 is 0.833 bits per heavy atom. The van der Waals surface area contributed by atoms with Crippen LogP contribution in [-0.4, -0.2) is 20.0 Å². The van der Waals surface area contributed by atoms with Crippen molar-refractivity contribution < 1.29 is 4.79 Å². The van der Waals surface area contributed by atoms with Crippen molar-refractivity contribution in [3.63, 3.8) is 0 Å². The van der Waals surface area contributed by atoms with Crippen molar-refractivity contribution in [1.29, 1.82) is 0 Å². The minimum absolute atomic E-state index is 0.0623. The van der Waals surface area contributed by atoms with Gasteiger partial charge in [-0.15, -0.1) is 0 Å². The molecule has 0 N–H and O–H groups in total. The molecule has 5 heteroatoms. The Hall–Kier alpha value is -3.99. The first-order chi connectivity index (χ1) is 17.3. The number of pyridine rings is 2. The van der Waals surface area contributed by atoms with Crippen LogP contribution >= 0.6 is 0 Å². The van der Waals surface area contributed by atoms with Crippen LogP contribution in [0, 0.1) is 6.92 Å². The maximum absolute atomic E-state index is 13.1. The van der Waals surface area contributed by atoms with E-state index in [4.69, 9.17) is 0 Å². The minimum atomic E-state index is -0.129. The molecule has 3 heterocycles. The number of carbonyl (C=O) groups is 1. The Morgan fingerprint density at radius 3 is 2.22 bits per heavy atom. The van der Waals surface area contributed by atoms with E-state index in [0.29, 0.717) is 11.3 Å². The number of nitrogens with zero attached hydrogens (tertiary/aromatic N) is 3. The molecule has 3 aromatic heterocycles. The molecule has 0 radical (unpaired) electrons. The van der Waals surface area contributed by atoms with E-state index in [1.165, 1.54) is 0 Å². The van der Waals surface area contributed by atoms with Gasteiger partial charge in [0.1, 0.15) is 0 Å². The summed E-state index contributed by atoms with van der Waals surface area (Å²) >= 11 is 0. The van der Waals surface area contributed by atoms with Gasteiger partial charge in [0.25, 0.3) is 11.5 Å². The van der Waals surface area contributed by atoms with Gasteiger partial charge in [0.05, 0.1) is 22.2 Å². The first kappa shape index (κ1) is 26.6. The van der Waals surface area contributed by atoms with Gasteiger partial charge in [-0.05, 0) is 64.1 Å². The molecular formula is C31H35N3O2. The summed E-state index contributed by atoms with van der Waals surface area (Å²) in [4.78, 5) is 30.7. The van der Waals surface area contributed by atoms with Crippen molar-refractivity contribution in [2.45, 2.75) is 55.4 Å². The monoisotopic (exact) mass is 481 g/mol. The standard InChI is InChI=1S/C27H23N3O2.2C2H6/c1-16(2)18(4)27(32)29-12-11-19-6-8-21(14-24(19)29)30-25(31)10-7-20-15-28-23-9-5-17(3)13-22(23)26(20)30;2*1-2/h5-15H,1-4H3;2*1-2H3. The van der Waals surface area contributed by atoms with Gasteiger partial charge in [-0.3, -0.25) is 23.7 Å². The molecule has 0 unspecified atom stereocenters. The van der Waals surface area contributed by atoms with Crippen molar-refractivity contribution in [1.82, 2.24) is 14.1 Å². The summed E-state index contributed by atoms with van der Waals surface area (Å²) in [6.07, 6.45) is 3.59. The van der Waals surface area contributed by atoms with Crippen LogP contribution in [-0.2, 0) is 0 Å². The average Bonchev–Trinajstić information content (AvgIpc) is 3.33. The lowest BCUT2D eigenvalue weighted by Crippen LogP contribution is -2.18. The maximum Gasteiger partial charge on any atom is 0.257 e. The fourth-order valence-electron chi connectivity index (χ4n) is 4.11. The molecule has 5 aromatic rings. The van der Waals surface area contributed by atoms with E-state index < -0.39 is 0 Å². The van der Waals surface area contributed by atoms with Crippen molar-refractivity contribution in [2.75, 3.05) is 0 Å². The highest BCUT2D eigenvalue weighted by molar-refractivity contribution is 6.05. The number of aromatic nitrogens is 3. The van der Waals surface area contributed by atoms with E-state index in [1.54, 1.807) is 27.6 Å². The van der Waals surface area contributed by atoms with Gasteiger partial charge in [0, 0.05) is 40.2 Å². The van der Waals surface area contributed by atoms with Crippen LogP contribution in [0.15, 0.2) is 82.9 Å². The second-order valence-corrected chi connectivity index (χ2v) is 8.45. The van der Waals surface area contributed by atoms with Crippen LogP contribution < -0.4 is 5.56 Å². The van der Waals surface area contributed by atoms with Crippen molar-refractivity contribution >= 4 is 38.6 Å². The van der Waals surface area contributed by atoms with Crippen molar-refractivity contribution in [2.24, 2.45) is 0 Å². The summed E-state index contributed by atoms with van der Waals surface area (Å²) in [6, 6.07) is 17.1. The molecule has 0 saturated carbocycles. The Morgan fingerprint density at radius 2 is 1.53 bits per heavy atom. The number of allylic oxidation sites excluding steroid dienone is 2. The smallest absolute Gasteiger partial charge is 0.257 e. The highest BCUT2D eigenvalue weighted by Crippen LogP contribution is 2.27. The SMILES string of the molecule is CC.CC.CC(C)=C(C)C(=O)n1ccc2ccc(-n3c(=O)ccc4cnc5ccc(C)cc5c43)cc21. The summed E-state index contributed by atoms with van der Waals surface area (Å²) in [6.45, 7) is 15.7. The number of hydrogen-bond donors (Lipinski definition) is 0. The zero-order valence-corrected chi connectivity index (χ0v) is 22.5. The van der Waals surface area contributed by atoms with Crippen LogP contribution in [0.25, 0.3) is 38.4 Å². The van der Waals surface area contributed by atoms with E-state index in [9.17, 15) is 9.59 Å². The Bertz CT molecular complexity index is 1650. The molecule has 5 nitrogen and oxygen atoms in total. The van der Waals surface area contributed by atoms with Crippen molar-refractivity contribution in [3.05, 3.63) is 94.1 Å². The predicted octanol–water partition coefficient (Wildman–Crippen LogP) is 7.85. The van der Waals surface area contributed by atoms with Gasteiger partial charge in [-0.25, -0.2) is 0 Å². The van der Waals surface area contributed by atoms with Crippen LogP contribution in [0.4, 0.5) is 0 Å². The number of fused-ring (bicyclic) bond motifs is 4. The second kappa shape index (κ2) is 11.2. The van der Waals surface area contributed by atoms with Gasteiger partial charge in [-0.1, -0.05) is 51.0 Å². The molecule has 5 rings (SSSR count). The fraction of sp³-hybridized carbons (Fsp3) is 0.258. The van der Waals surface area contributed by atoms with Crippen LogP contribution in [0.2, 0.25) is 0 Å². The molecule has 186 valence electrons. The quantitative estimate of drug-likeness (QED) is 0.190. The Kier molecular flexibility index (Phi) is 8.25. The largest absolute Gasteiger partial charge is 0.283 e. The number of hydrogen-bond acceptors (Lipinski definition) is 3. The van der Waals surface area contributed by atoms with E-state index in [0.717, 1.165) is 43.8 Å². The third-order valence-electron chi connectivity index (χ3n) is 6.10. The fourth-order valence-corrected chi connectivity index (χ4v) is 4.11. The molecule has 0 aliphatic heterocycles. The summed E-state index contributed by atoms with van der Waals surface area (Å²) in [5.41, 5.74) is 5.79. The molecule has 0 fully saturated rings. The molecule has 0 saturated heterocycles. The summed E-state index contributed by atoms with van der Waals surface area (Å²) in [5, 5.41) is 2.75. The summed E-state index contributed by atoms with van der Waals surface area (Å²) in [5.74, 6) is -0.0623. The van der Waals surface area contributed by atoms with Gasteiger partial charge in [0.15, 0.2) is 0 Å². The number of aryl methyl sites for hydroxylation is 1. The maximum atomic E-state index is 13.1. The van der Waals surface area contributed by atoms with Gasteiger partial charge in [0.2, 0.25) is 0 Å². The molecule has 0 bridgehead atoms. The molecule has 2 aromatic carbocycles. The molecular weight excluding hydrogens is 446 g/mol. The summed E-state index contributed by atoms with van der Waals surface area (Å²) < 4.78 is 3.37. The second-order valence-electron chi connectivity index (χ2n) is 8.45. The lowest BCUT2D eigenvalue weighted by Gasteiger charge is -2.14. The highest BCUT2D eigenvalue weighted by Gasteiger charge is 2.15. The predicted molar refractivity (Wildman–Crippen MR) is 152 cm³/mol. The van der Waals surface area contributed by atoms with E-state index >= 15 is 0 Å². The minimum Gasteiger partial charge on any atom is -0.283 e. The number of carbonyl (C=O) groups excluding carboxylic acids is 1. The molecule has 0 aliphatic carbocycles. The third kappa shape index (κ3) is 4.74. The van der Waals surface area contributed by atoms with Crippen LogP contribution in [0.3, 0.4) is 0 Å².